The van der Waals surface area contributed by atoms with Gasteiger partial charge in [-0.15, -0.1) is 5.10 Å². The van der Waals surface area contributed by atoms with E-state index in [1.165, 1.54) is 0 Å². The minimum atomic E-state index is 0.393. The van der Waals surface area contributed by atoms with E-state index in [1.54, 1.807) is 14.2 Å². The van der Waals surface area contributed by atoms with Gasteiger partial charge in [-0.05, 0) is 6.07 Å². The van der Waals surface area contributed by atoms with Crippen LogP contribution in [0.15, 0.2) is 28.7 Å². The summed E-state index contributed by atoms with van der Waals surface area (Å²) in [5.41, 5.74) is 1.03. The zero-order chi connectivity index (χ0) is 14.9. The molecule has 0 atom stereocenters. The highest BCUT2D eigenvalue weighted by atomic mass is 16.5. The predicted octanol–water partition coefficient (Wildman–Crippen LogP) is 1.43. The van der Waals surface area contributed by atoms with E-state index in [4.69, 9.17) is 13.9 Å². The number of hydrogen-bond donors (Lipinski definition) is 2. The summed E-state index contributed by atoms with van der Waals surface area (Å²) in [6.45, 7) is 2.46. The molecule has 1 heterocycles. The molecule has 0 saturated carbocycles. The maximum atomic E-state index is 5.48. The molecule has 7 nitrogen and oxygen atoms in total. The Hall–Kier alpha value is -2.12. The average Bonchev–Trinajstić information content (AvgIpc) is 2.98. The summed E-state index contributed by atoms with van der Waals surface area (Å²) in [6, 6.07) is 8.17. The molecule has 0 fully saturated rings. The highest BCUT2D eigenvalue weighted by Crippen LogP contribution is 2.18. The average molecular weight is 292 g/mol. The lowest BCUT2D eigenvalue weighted by molar-refractivity contribution is 0.198. The normalized spacial score (nSPS) is 10.6. The van der Waals surface area contributed by atoms with Crippen LogP contribution in [-0.2, 0) is 17.8 Å². The molecular formula is C14H20N4O3. The summed E-state index contributed by atoms with van der Waals surface area (Å²) in [6.07, 6.45) is 0. The fourth-order valence-electron chi connectivity index (χ4n) is 1.79. The number of nitrogens with zero attached hydrogens (tertiary/aromatic N) is 2. The molecule has 114 valence electrons. The van der Waals surface area contributed by atoms with Gasteiger partial charge in [0.15, 0.2) is 0 Å². The summed E-state index contributed by atoms with van der Waals surface area (Å²) in [4.78, 5) is 0. The van der Waals surface area contributed by atoms with Crippen molar-refractivity contribution in [2.45, 2.75) is 13.1 Å². The van der Waals surface area contributed by atoms with Gasteiger partial charge in [-0.3, -0.25) is 0 Å². The van der Waals surface area contributed by atoms with Crippen molar-refractivity contribution in [3.63, 3.8) is 0 Å². The van der Waals surface area contributed by atoms with E-state index < -0.39 is 0 Å². The fourth-order valence-corrected chi connectivity index (χ4v) is 1.79. The van der Waals surface area contributed by atoms with Crippen LogP contribution in [0.2, 0.25) is 0 Å². The molecule has 21 heavy (non-hydrogen) atoms. The van der Waals surface area contributed by atoms with Crippen LogP contribution in [0.25, 0.3) is 0 Å². The van der Waals surface area contributed by atoms with Crippen molar-refractivity contribution in [2.75, 3.05) is 32.7 Å². The number of methoxy groups -OCH3 is 2. The molecule has 0 aliphatic carbocycles. The number of rotatable bonds is 9. The van der Waals surface area contributed by atoms with Gasteiger partial charge in [-0.25, -0.2) is 0 Å². The number of anilines is 1. The molecule has 0 saturated heterocycles. The van der Waals surface area contributed by atoms with Crippen LogP contribution in [0.5, 0.6) is 5.75 Å². The largest absolute Gasteiger partial charge is 0.496 e. The molecular weight excluding hydrogens is 272 g/mol. The Morgan fingerprint density at radius 1 is 1.14 bits per heavy atom. The smallest absolute Gasteiger partial charge is 0.315 e. The molecule has 0 radical (unpaired) electrons. The summed E-state index contributed by atoms with van der Waals surface area (Å²) in [5.74, 6) is 1.36. The predicted molar refractivity (Wildman–Crippen MR) is 78.2 cm³/mol. The maximum absolute atomic E-state index is 5.48. The maximum Gasteiger partial charge on any atom is 0.315 e. The molecule has 0 aliphatic rings. The molecule has 1 aromatic carbocycles. The van der Waals surface area contributed by atoms with Gasteiger partial charge in [0, 0.05) is 25.8 Å². The lowest BCUT2D eigenvalue weighted by atomic mass is 10.2. The van der Waals surface area contributed by atoms with E-state index >= 15 is 0 Å². The third-order valence-electron chi connectivity index (χ3n) is 2.85. The number of hydrogen-bond acceptors (Lipinski definition) is 7. The molecule has 1 aromatic heterocycles. The fraction of sp³-hybridized carbons (Fsp3) is 0.429. The van der Waals surface area contributed by atoms with Crippen molar-refractivity contribution >= 4 is 6.01 Å². The van der Waals surface area contributed by atoms with Gasteiger partial charge in [0.05, 0.1) is 20.3 Å². The van der Waals surface area contributed by atoms with E-state index in [2.05, 4.69) is 20.8 Å². The first-order valence-corrected chi connectivity index (χ1v) is 6.71. The SMILES string of the molecule is COCCNCc1nnc(NCc2ccccc2OC)o1. The second-order valence-electron chi connectivity index (χ2n) is 4.34. The third kappa shape index (κ3) is 4.73. The van der Waals surface area contributed by atoms with Gasteiger partial charge in [-0.2, -0.15) is 0 Å². The number of para-hydroxylation sites is 1. The van der Waals surface area contributed by atoms with E-state index in [9.17, 15) is 0 Å². The van der Waals surface area contributed by atoms with Crippen molar-refractivity contribution in [1.82, 2.24) is 15.5 Å². The molecule has 2 N–H and O–H groups in total. The van der Waals surface area contributed by atoms with Crippen LogP contribution >= 0.6 is 0 Å². The number of benzene rings is 1. The standard InChI is InChI=1S/C14H20N4O3/c1-19-8-7-15-10-13-17-18-14(21-13)16-9-11-5-3-4-6-12(11)20-2/h3-6,15H,7-10H2,1-2H3,(H,16,18). The van der Waals surface area contributed by atoms with Crippen molar-refractivity contribution in [1.29, 1.82) is 0 Å². The lowest BCUT2D eigenvalue weighted by Gasteiger charge is -2.07. The molecule has 2 rings (SSSR count). The lowest BCUT2D eigenvalue weighted by Crippen LogP contribution is -2.18. The van der Waals surface area contributed by atoms with Crippen LogP contribution < -0.4 is 15.4 Å². The highest BCUT2D eigenvalue weighted by Gasteiger charge is 2.07. The van der Waals surface area contributed by atoms with Gasteiger partial charge in [0.25, 0.3) is 0 Å². The Morgan fingerprint density at radius 2 is 2.00 bits per heavy atom. The zero-order valence-corrected chi connectivity index (χ0v) is 12.3. The Bertz CT molecular complexity index is 545. The Balaban J connectivity index is 1.82. The van der Waals surface area contributed by atoms with E-state index in [0.717, 1.165) is 17.9 Å². The summed E-state index contributed by atoms with van der Waals surface area (Å²) in [5, 5.41) is 14.1. The molecule has 2 aromatic rings. The van der Waals surface area contributed by atoms with Gasteiger partial charge in [0.1, 0.15) is 5.75 Å². The number of aromatic nitrogens is 2. The Morgan fingerprint density at radius 3 is 2.81 bits per heavy atom. The Kier molecular flexibility index (Phi) is 5.99. The van der Waals surface area contributed by atoms with E-state index in [-0.39, 0.29) is 0 Å². The number of nitrogens with one attached hydrogen (secondary N) is 2. The van der Waals surface area contributed by atoms with Crippen LogP contribution in [0.4, 0.5) is 6.01 Å². The molecule has 7 heteroatoms. The van der Waals surface area contributed by atoms with E-state index in [1.807, 2.05) is 24.3 Å². The topological polar surface area (TPSA) is 81.4 Å². The van der Waals surface area contributed by atoms with Crippen molar-refractivity contribution in [2.24, 2.45) is 0 Å². The minimum Gasteiger partial charge on any atom is -0.496 e. The van der Waals surface area contributed by atoms with Gasteiger partial charge in [-0.1, -0.05) is 23.3 Å². The molecule has 0 aliphatic heterocycles. The summed E-state index contributed by atoms with van der Waals surface area (Å²) < 4.78 is 15.7. The molecule has 0 amide bonds. The van der Waals surface area contributed by atoms with Crippen molar-refractivity contribution in [3.05, 3.63) is 35.7 Å². The molecule has 0 bridgehead atoms. The van der Waals surface area contributed by atoms with Crippen LogP contribution in [-0.4, -0.2) is 37.6 Å². The first kappa shape index (κ1) is 15.3. The highest BCUT2D eigenvalue weighted by molar-refractivity contribution is 5.35. The second kappa shape index (κ2) is 8.23. The first-order valence-electron chi connectivity index (χ1n) is 6.71. The minimum absolute atomic E-state index is 0.393. The summed E-state index contributed by atoms with van der Waals surface area (Å²) in [7, 11) is 3.31. The van der Waals surface area contributed by atoms with Gasteiger partial charge in [0.2, 0.25) is 5.89 Å². The monoisotopic (exact) mass is 292 g/mol. The van der Waals surface area contributed by atoms with Crippen molar-refractivity contribution < 1.29 is 13.9 Å². The van der Waals surface area contributed by atoms with Gasteiger partial charge < -0.3 is 24.5 Å². The van der Waals surface area contributed by atoms with E-state index in [0.29, 0.717) is 31.6 Å². The zero-order valence-electron chi connectivity index (χ0n) is 12.3. The van der Waals surface area contributed by atoms with Gasteiger partial charge >= 0.3 is 6.01 Å². The number of ether oxygens (including phenoxy) is 2. The molecule has 0 spiro atoms. The van der Waals surface area contributed by atoms with Crippen molar-refractivity contribution in [3.8, 4) is 5.75 Å². The van der Waals surface area contributed by atoms with Crippen LogP contribution in [0.1, 0.15) is 11.5 Å². The first-order chi connectivity index (χ1) is 10.3. The van der Waals surface area contributed by atoms with Crippen LogP contribution in [0.3, 0.4) is 0 Å². The van der Waals surface area contributed by atoms with Crippen LogP contribution in [0, 0.1) is 0 Å². The third-order valence-corrected chi connectivity index (χ3v) is 2.85. The second-order valence-corrected chi connectivity index (χ2v) is 4.34. The summed E-state index contributed by atoms with van der Waals surface area (Å²) >= 11 is 0. The molecule has 0 unspecified atom stereocenters. The Labute approximate surface area is 123 Å². The quantitative estimate of drug-likeness (QED) is 0.676.